The van der Waals surface area contributed by atoms with E-state index in [1.807, 2.05) is 19.1 Å². The van der Waals surface area contributed by atoms with E-state index in [1.165, 1.54) is 25.1 Å². The second kappa shape index (κ2) is 8.66. The predicted molar refractivity (Wildman–Crippen MR) is 113 cm³/mol. The van der Waals surface area contributed by atoms with Gasteiger partial charge >= 0.3 is 0 Å². The molecule has 0 aliphatic carbocycles. The number of amides is 2. The molecule has 0 spiro atoms. The van der Waals surface area contributed by atoms with Gasteiger partial charge in [0, 0.05) is 11.3 Å². The summed E-state index contributed by atoms with van der Waals surface area (Å²) < 4.78 is 30.4. The van der Waals surface area contributed by atoms with E-state index in [0.717, 1.165) is 12.0 Å². The summed E-state index contributed by atoms with van der Waals surface area (Å²) in [6, 6.07) is 11.4. The second-order valence-electron chi connectivity index (χ2n) is 6.96. The third-order valence-corrected chi connectivity index (χ3v) is 6.74. The standard InChI is InChI=1S/C21H22N2O6S/c1-3-14-4-7-16(8-5-14)22-20(25)12-30(27,28)13(2)21(26)15-6-9-18-17(10-15)23-19(24)11-29-18/h4-10,13H,3,11-12H2,1-2H3,(H,22,25)(H,23,24). The van der Waals surface area contributed by atoms with Gasteiger partial charge in [0.05, 0.1) is 5.69 Å². The van der Waals surface area contributed by atoms with Gasteiger partial charge in [-0.2, -0.15) is 0 Å². The highest BCUT2D eigenvalue weighted by Gasteiger charge is 2.31. The molecule has 2 amide bonds. The minimum absolute atomic E-state index is 0.103. The molecule has 9 heteroatoms. The van der Waals surface area contributed by atoms with Crippen LogP contribution in [0.5, 0.6) is 5.75 Å². The van der Waals surface area contributed by atoms with Crippen molar-refractivity contribution in [1.82, 2.24) is 0 Å². The minimum atomic E-state index is -4.05. The molecular formula is C21H22N2O6S. The molecule has 1 aliphatic rings. The van der Waals surface area contributed by atoms with E-state index in [4.69, 9.17) is 4.74 Å². The summed E-state index contributed by atoms with van der Waals surface area (Å²) in [6.45, 7) is 3.12. The van der Waals surface area contributed by atoms with Crippen LogP contribution in [0.1, 0.15) is 29.8 Å². The number of ketones is 1. The van der Waals surface area contributed by atoms with Gasteiger partial charge < -0.3 is 15.4 Å². The molecule has 158 valence electrons. The van der Waals surface area contributed by atoms with Crippen molar-refractivity contribution in [3.8, 4) is 5.75 Å². The van der Waals surface area contributed by atoms with Crippen LogP contribution < -0.4 is 15.4 Å². The van der Waals surface area contributed by atoms with Crippen molar-refractivity contribution in [2.24, 2.45) is 0 Å². The van der Waals surface area contributed by atoms with Crippen molar-refractivity contribution in [1.29, 1.82) is 0 Å². The number of anilines is 2. The Morgan fingerprint density at radius 2 is 1.87 bits per heavy atom. The highest BCUT2D eigenvalue weighted by molar-refractivity contribution is 7.93. The van der Waals surface area contributed by atoms with Crippen LogP contribution in [0, 0.1) is 0 Å². The maximum absolute atomic E-state index is 12.7. The van der Waals surface area contributed by atoms with Gasteiger partial charge in [-0.3, -0.25) is 14.4 Å². The molecule has 1 atom stereocenters. The second-order valence-corrected chi connectivity index (χ2v) is 9.28. The molecule has 0 saturated carbocycles. The van der Waals surface area contributed by atoms with Crippen molar-refractivity contribution in [3.05, 3.63) is 53.6 Å². The SMILES string of the molecule is CCc1ccc(NC(=O)CS(=O)(=O)C(C)C(=O)c2ccc3c(c2)NC(=O)CO3)cc1. The van der Waals surface area contributed by atoms with Crippen LogP contribution in [0.25, 0.3) is 0 Å². The van der Waals surface area contributed by atoms with Gasteiger partial charge in [-0.05, 0) is 49.2 Å². The lowest BCUT2D eigenvalue weighted by molar-refractivity contribution is -0.118. The Labute approximate surface area is 174 Å². The predicted octanol–water partition coefficient (Wildman–Crippen LogP) is 2.20. The highest BCUT2D eigenvalue weighted by atomic mass is 32.2. The van der Waals surface area contributed by atoms with Gasteiger partial charge in [0.1, 0.15) is 16.8 Å². The van der Waals surface area contributed by atoms with Crippen molar-refractivity contribution in [2.45, 2.75) is 25.5 Å². The Kier molecular flexibility index (Phi) is 6.21. The number of carbonyl (C=O) groups is 3. The Morgan fingerprint density at radius 3 is 2.53 bits per heavy atom. The molecule has 2 aromatic rings. The van der Waals surface area contributed by atoms with Gasteiger partial charge in [0.2, 0.25) is 5.91 Å². The molecule has 1 heterocycles. The number of carbonyl (C=O) groups excluding carboxylic acids is 3. The molecule has 0 bridgehead atoms. The summed E-state index contributed by atoms with van der Waals surface area (Å²) in [4.78, 5) is 36.4. The molecule has 8 nitrogen and oxygen atoms in total. The number of aryl methyl sites for hydroxylation is 1. The molecule has 3 rings (SSSR count). The number of hydrogen-bond acceptors (Lipinski definition) is 6. The van der Waals surface area contributed by atoms with E-state index >= 15 is 0 Å². The first kappa shape index (κ1) is 21.5. The molecule has 0 aromatic heterocycles. The quantitative estimate of drug-likeness (QED) is 0.650. The average Bonchev–Trinajstić information content (AvgIpc) is 2.72. The van der Waals surface area contributed by atoms with E-state index in [0.29, 0.717) is 17.1 Å². The van der Waals surface area contributed by atoms with Crippen molar-refractivity contribution in [3.63, 3.8) is 0 Å². The number of rotatable bonds is 7. The monoisotopic (exact) mass is 430 g/mol. The van der Waals surface area contributed by atoms with Crippen LogP contribution in [0.2, 0.25) is 0 Å². The third-order valence-electron chi connectivity index (χ3n) is 4.78. The number of hydrogen-bond donors (Lipinski definition) is 2. The van der Waals surface area contributed by atoms with Crippen molar-refractivity contribution >= 4 is 38.8 Å². The maximum atomic E-state index is 12.7. The van der Waals surface area contributed by atoms with Crippen LogP contribution in [0.15, 0.2) is 42.5 Å². The normalized spacial score (nSPS) is 14.1. The van der Waals surface area contributed by atoms with Crippen LogP contribution >= 0.6 is 0 Å². The zero-order chi connectivity index (χ0) is 21.9. The zero-order valence-corrected chi connectivity index (χ0v) is 17.4. The molecule has 2 aromatic carbocycles. The Morgan fingerprint density at radius 1 is 1.17 bits per heavy atom. The van der Waals surface area contributed by atoms with E-state index in [2.05, 4.69) is 10.6 Å². The fourth-order valence-corrected chi connectivity index (χ4v) is 4.11. The summed E-state index contributed by atoms with van der Waals surface area (Å²) in [6.07, 6.45) is 0.848. The van der Waals surface area contributed by atoms with Crippen LogP contribution in [-0.2, 0) is 25.8 Å². The Balaban J connectivity index is 1.69. The largest absolute Gasteiger partial charge is 0.482 e. The average molecular weight is 430 g/mol. The van der Waals surface area contributed by atoms with Crippen LogP contribution in [0.4, 0.5) is 11.4 Å². The summed E-state index contributed by atoms with van der Waals surface area (Å²) in [5.41, 5.74) is 1.98. The van der Waals surface area contributed by atoms with Gasteiger partial charge in [0.25, 0.3) is 5.91 Å². The van der Waals surface area contributed by atoms with Crippen LogP contribution in [-0.4, -0.2) is 43.6 Å². The molecule has 2 N–H and O–H groups in total. The minimum Gasteiger partial charge on any atom is -0.482 e. The van der Waals surface area contributed by atoms with Gasteiger partial charge in [-0.1, -0.05) is 19.1 Å². The maximum Gasteiger partial charge on any atom is 0.262 e. The van der Waals surface area contributed by atoms with Crippen molar-refractivity contribution < 1.29 is 27.5 Å². The molecule has 1 aliphatic heterocycles. The Hall–Kier alpha value is -3.20. The number of Topliss-reactive ketones (excluding diaryl/α,β-unsaturated/α-hetero) is 1. The lowest BCUT2D eigenvalue weighted by Crippen LogP contribution is -2.34. The Bertz CT molecular complexity index is 1090. The number of nitrogens with one attached hydrogen (secondary N) is 2. The molecular weight excluding hydrogens is 408 g/mol. The lowest BCUT2D eigenvalue weighted by atomic mass is 10.1. The summed E-state index contributed by atoms with van der Waals surface area (Å²) in [5, 5.41) is 3.68. The first-order valence-electron chi connectivity index (χ1n) is 9.41. The van der Waals surface area contributed by atoms with Gasteiger partial charge in [-0.15, -0.1) is 0 Å². The number of sulfone groups is 1. The zero-order valence-electron chi connectivity index (χ0n) is 16.6. The van der Waals surface area contributed by atoms with E-state index < -0.39 is 32.5 Å². The van der Waals surface area contributed by atoms with Gasteiger partial charge in [0.15, 0.2) is 22.2 Å². The first-order valence-corrected chi connectivity index (χ1v) is 11.1. The van der Waals surface area contributed by atoms with Crippen LogP contribution in [0.3, 0.4) is 0 Å². The number of benzene rings is 2. The summed E-state index contributed by atoms with van der Waals surface area (Å²) in [7, 11) is -4.05. The lowest BCUT2D eigenvalue weighted by Gasteiger charge is -2.19. The highest BCUT2D eigenvalue weighted by Crippen LogP contribution is 2.29. The van der Waals surface area contributed by atoms with E-state index in [9.17, 15) is 22.8 Å². The molecule has 1 unspecified atom stereocenters. The smallest absolute Gasteiger partial charge is 0.262 e. The third kappa shape index (κ3) is 4.85. The molecule has 0 saturated heterocycles. The van der Waals surface area contributed by atoms with E-state index in [-0.39, 0.29) is 18.1 Å². The van der Waals surface area contributed by atoms with E-state index in [1.54, 1.807) is 12.1 Å². The summed E-state index contributed by atoms with van der Waals surface area (Å²) in [5.74, 6) is -2.17. The number of ether oxygens (including phenoxy) is 1. The fourth-order valence-electron chi connectivity index (χ4n) is 2.96. The number of fused-ring (bicyclic) bond motifs is 1. The van der Waals surface area contributed by atoms with Gasteiger partial charge in [-0.25, -0.2) is 8.42 Å². The molecule has 0 fully saturated rings. The first-order chi connectivity index (χ1) is 14.2. The van der Waals surface area contributed by atoms with Crippen molar-refractivity contribution in [2.75, 3.05) is 23.0 Å². The topological polar surface area (TPSA) is 119 Å². The molecule has 30 heavy (non-hydrogen) atoms. The summed E-state index contributed by atoms with van der Waals surface area (Å²) >= 11 is 0. The molecule has 0 radical (unpaired) electrons. The fraction of sp³-hybridized carbons (Fsp3) is 0.286.